The summed E-state index contributed by atoms with van der Waals surface area (Å²) in [6.07, 6.45) is -0.346. The van der Waals surface area contributed by atoms with Gasteiger partial charge in [-0.3, -0.25) is 4.79 Å². The van der Waals surface area contributed by atoms with Gasteiger partial charge >= 0.3 is 0 Å². The van der Waals surface area contributed by atoms with Crippen LogP contribution >= 0.6 is 0 Å². The van der Waals surface area contributed by atoms with Crippen molar-refractivity contribution < 1.29 is 14.6 Å². The third-order valence-electron chi connectivity index (χ3n) is 3.56. The summed E-state index contributed by atoms with van der Waals surface area (Å²) in [6.45, 7) is 4.78. The first kappa shape index (κ1) is 14.8. The standard InChI is InChI=1S/C15H22N2O3/c1-10-6-12(16-3)4-5-14(10)15(19)17-7-11(2)20-13(8-17)9-18/h4-6,11,13,16,18H,7-9H2,1-3H3. The fraction of sp³-hybridized carbons (Fsp3) is 0.533. The number of hydrogen-bond acceptors (Lipinski definition) is 4. The number of carbonyl (C=O) groups is 1. The van der Waals surface area contributed by atoms with Gasteiger partial charge in [0.2, 0.25) is 0 Å². The van der Waals surface area contributed by atoms with Crippen molar-refractivity contribution in [2.45, 2.75) is 26.1 Å². The zero-order chi connectivity index (χ0) is 14.7. The smallest absolute Gasteiger partial charge is 0.254 e. The number of aryl methyl sites for hydroxylation is 1. The van der Waals surface area contributed by atoms with E-state index in [1.54, 1.807) is 4.90 Å². The van der Waals surface area contributed by atoms with Crippen LogP contribution < -0.4 is 5.32 Å². The molecule has 0 bridgehead atoms. The lowest BCUT2D eigenvalue weighted by Gasteiger charge is -2.36. The number of amides is 1. The van der Waals surface area contributed by atoms with Crippen molar-refractivity contribution in [2.75, 3.05) is 32.1 Å². The van der Waals surface area contributed by atoms with Crippen LogP contribution in [0.3, 0.4) is 0 Å². The molecule has 1 saturated heterocycles. The number of ether oxygens (including phenoxy) is 1. The lowest BCUT2D eigenvalue weighted by atomic mass is 10.1. The molecule has 1 aromatic rings. The Morgan fingerprint density at radius 1 is 1.50 bits per heavy atom. The molecule has 20 heavy (non-hydrogen) atoms. The molecule has 1 heterocycles. The van der Waals surface area contributed by atoms with Crippen LogP contribution in [0, 0.1) is 6.92 Å². The molecule has 0 aromatic heterocycles. The second kappa shape index (κ2) is 6.24. The highest BCUT2D eigenvalue weighted by Gasteiger charge is 2.29. The number of nitrogens with one attached hydrogen (secondary N) is 1. The van der Waals surface area contributed by atoms with Crippen LogP contribution in [0.4, 0.5) is 5.69 Å². The largest absolute Gasteiger partial charge is 0.394 e. The van der Waals surface area contributed by atoms with Gasteiger partial charge in [0.15, 0.2) is 0 Å². The van der Waals surface area contributed by atoms with E-state index in [2.05, 4.69) is 5.32 Å². The van der Waals surface area contributed by atoms with Crippen molar-refractivity contribution >= 4 is 11.6 Å². The van der Waals surface area contributed by atoms with Gasteiger partial charge in [-0.2, -0.15) is 0 Å². The predicted octanol–water partition coefficient (Wildman–Crippen LogP) is 1.26. The van der Waals surface area contributed by atoms with Gasteiger partial charge in [-0.15, -0.1) is 0 Å². The van der Waals surface area contributed by atoms with E-state index in [1.807, 2.05) is 39.1 Å². The number of rotatable bonds is 3. The quantitative estimate of drug-likeness (QED) is 0.874. The van der Waals surface area contributed by atoms with E-state index in [-0.39, 0.29) is 24.7 Å². The molecule has 0 aliphatic carbocycles. The number of nitrogens with zero attached hydrogens (tertiary/aromatic N) is 1. The average Bonchev–Trinajstić information content (AvgIpc) is 2.45. The molecular weight excluding hydrogens is 256 g/mol. The molecule has 110 valence electrons. The van der Waals surface area contributed by atoms with E-state index in [9.17, 15) is 9.90 Å². The average molecular weight is 278 g/mol. The molecule has 1 aromatic carbocycles. The zero-order valence-electron chi connectivity index (χ0n) is 12.2. The Hall–Kier alpha value is -1.59. The van der Waals surface area contributed by atoms with Crippen LogP contribution in [0.5, 0.6) is 0 Å². The molecule has 5 heteroatoms. The summed E-state index contributed by atoms with van der Waals surface area (Å²) in [6, 6.07) is 5.70. The molecule has 2 rings (SSSR count). The van der Waals surface area contributed by atoms with Crippen LogP contribution in [-0.4, -0.2) is 54.9 Å². The van der Waals surface area contributed by atoms with Gasteiger partial charge in [0, 0.05) is 31.4 Å². The van der Waals surface area contributed by atoms with Crippen molar-refractivity contribution in [1.29, 1.82) is 0 Å². The Morgan fingerprint density at radius 3 is 2.85 bits per heavy atom. The molecule has 0 saturated carbocycles. The van der Waals surface area contributed by atoms with Crippen LogP contribution in [-0.2, 0) is 4.74 Å². The van der Waals surface area contributed by atoms with Crippen molar-refractivity contribution in [3.05, 3.63) is 29.3 Å². The second-order valence-electron chi connectivity index (χ2n) is 5.24. The normalized spacial score (nSPS) is 22.7. The van der Waals surface area contributed by atoms with Gasteiger partial charge in [-0.1, -0.05) is 0 Å². The first-order chi connectivity index (χ1) is 9.55. The Morgan fingerprint density at radius 2 is 2.25 bits per heavy atom. The Labute approximate surface area is 119 Å². The highest BCUT2D eigenvalue weighted by atomic mass is 16.5. The number of benzene rings is 1. The minimum absolute atomic E-state index is 0.00115. The van der Waals surface area contributed by atoms with Crippen LogP contribution in [0.15, 0.2) is 18.2 Å². The molecule has 1 fully saturated rings. The van der Waals surface area contributed by atoms with Gasteiger partial charge in [0.25, 0.3) is 5.91 Å². The maximum atomic E-state index is 12.6. The predicted molar refractivity (Wildman–Crippen MR) is 78.1 cm³/mol. The highest BCUT2D eigenvalue weighted by Crippen LogP contribution is 2.19. The maximum Gasteiger partial charge on any atom is 0.254 e. The Balaban J connectivity index is 2.18. The van der Waals surface area contributed by atoms with Gasteiger partial charge in [0.05, 0.1) is 18.8 Å². The van der Waals surface area contributed by atoms with Crippen molar-refractivity contribution in [2.24, 2.45) is 0 Å². The van der Waals surface area contributed by atoms with E-state index >= 15 is 0 Å². The molecular formula is C15H22N2O3. The van der Waals surface area contributed by atoms with Gasteiger partial charge in [-0.25, -0.2) is 0 Å². The lowest BCUT2D eigenvalue weighted by molar-refractivity contribution is -0.0858. The summed E-state index contributed by atoms with van der Waals surface area (Å²) in [4.78, 5) is 14.4. The summed E-state index contributed by atoms with van der Waals surface area (Å²) in [7, 11) is 1.85. The Kier molecular flexibility index (Phi) is 4.62. The fourth-order valence-electron chi connectivity index (χ4n) is 2.54. The van der Waals surface area contributed by atoms with E-state index in [4.69, 9.17) is 4.74 Å². The summed E-state index contributed by atoms with van der Waals surface area (Å²) in [5.41, 5.74) is 2.64. The topological polar surface area (TPSA) is 61.8 Å². The first-order valence-electron chi connectivity index (χ1n) is 6.89. The lowest BCUT2D eigenvalue weighted by Crippen LogP contribution is -2.50. The van der Waals surface area contributed by atoms with Crippen LogP contribution in [0.1, 0.15) is 22.8 Å². The number of anilines is 1. The summed E-state index contributed by atoms with van der Waals surface area (Å²) >= 11 is 0. The third-order valence-corrected chi connectivity index (χ3v) is 3.56. The van der Waals surface area contributed by atoms with Crippen molar-refractivity contribution in [3.63, 3.8) is 0 Å². The van der Waals surface area contributed by atoms with Crippen LogP contribution in [0.2, 0.25) is 0 Å². The van der Waals surface area contributed by atoms with E-state index < -0.39 is 0 Å². The van der Waals surface area contributed by atoms with Crippen molar-refractivity contribution in [1.82, 2.24) is 4.90 Å². The number of hydrogen-bond donors (Lipinski definition) is 2. The number of aliphatic hydroxyl groups excluding tert-OH is 1. The van der Waals surface area contributed by atoms with Gasteiger partial charge in [-0.05, 0) is 37.6 Å². The molecule has 0 spiro atoms. The summed E-state index contributed by atoms with van der Waals surface area (Å²) < 4.78 is 5.56. The number of morpholine rings is 1. The minimum atomic E-state index is -0.292. The first-order valence-corrected chi connectivity index (χ1v) is 6.89. The molecule has 0 radical (unpaired) electrons. The van der Waals surface area contributed by atoms with E-state index in [0.29, 0.717) is 18.7 Å². The maximum absolute atomic E-state index is 12.6. The molecule has 5 nitrogen and oxygen atoms in total. The number of carbonyl (C=O) groups excluding carboxylic acids is 1. The monoisotopic (exact) mass is 278 g/mol. The highest BCUT2D eigenvalue weighted by molar-refractivity contribution is 5.96. The zero-order valence-corrected chi connectivity index (χ0v) is 12.2. The molecule has 2 N–H and O–H groups in total. The SMILES string of the molecule is CNc1ccc(C(=O)N2CC(C)OC(CO)C2)c(C)c1. The molecule has 2 unspecified atom stereocenters. The van der Waals surface area contributed by atoms with Gasteiger partial charge < -0.3 is 20.1 Å². The molecule has 2 atom stereocenters. The van der Waals surface area contributed by atoms with Crippen LogP contribution in [0.25, 0.3) is 0 Å². The summed E-state index contributed by atoms with van der Waals surface area (Å²) in [5, 5.41) is 12.3. The fourth-order valence-corrected chi connectivity index (χ4v) is 2.54. The second-order valence-corrected chi connectivity index (χ2v) is 5.24. The third kappa shape index (κ3) is 3.11. The number of aliphatic hydroxyl groups is 1. The molecule has 1 aliphatic heterocycles. The summed E-state index contributed by atoms with van der Waals surface area (Å²) in [5.74, 6) is -0.00115. The molecule has 1 aliphatic rings. The van der Waals surface area contributed by atoms with Gasteiger partial charge in [0.1, 0.15) is 0 Å². The minimum Gasteiger partial charge on any atom is -0.394 e. The van der Waals surface area contributed by atoms with E-state index in [1.165, 1.54) is 0 Å². The van der Waals surface area contributed by atoms with E-state index in [0.717, 1.165) is 11.3 Å². The molecule has 1 amide bonds. The van der Waals surface area contributed by atoms with Crippen molar-refractivity contribution in [3.8, 4) is 0 Å². The Bertz CT molecular complexity index is 490.